The average molecular weight is 341 g/mol. The van der Waals surface area contributed by atoms with Gasteiger partial charge >= 0.3 is 12.2 Å². The van der Waals surface area contributed by atoms with Crippen LogP contribution in [0.5, 0.6) is 0 Å². The van der Waals surface area contributed by atoms with Gasteiger partial charge in [-0.2, -0.15) is 14.4 Å². The summed E-state index contributed by atoms with van der Waals surface area (Å²) in [6.45, 7) is 1.37. The smallest absolute Gasteiger partial charge is 0.438 e. The average Bonchev–Trinajstić information content (AvgIpc) is 3.07. The second-order valence-corrected chi connectivity index (χ2v) is 5.58. The number of carbonyl (C=O) groups is 1. The molecule has 0 aliphatic carbocycles. The Kier molecular flexibility index (Phi) is 3.97. The number of nitrogen functional groups attached to an aromatic ring is 1. The van der Waals surface area contributed by atoms with Crippen molar-refractivity contribution in [3.05, 3.63) is 12.4 Å². The molecule has 2 aromatic rings. The third-order valence-electron chi connectivity index (χ3n) is 3.91. The van der Waals surface area contributed by atoms with Crippen molar-refractivity contribution in [1.82, 2.24) is 19.5 Å². The number of imidazole rings is 1. The lowest BCUT2D eigenvalue weighted by Crippen LogP contribution is -2.41. The first-order chi connectivity index (χ1) is 11.3. The molecule has 1 saturated heterocycles. The van der Waals surface area contributed by atoms with Crippen molar-refractivity contribution in [1.29, 1.82) is 0 Å². The topological polar surface area (TPSA) is 135 Å². The van der Waals surface area contributed by atoms with Gasteiger partial charge in [-0.1, -0.05) is 0 Å². The largest absolute Gasteiger partial charge is 0.508 e. The summed E-state index contributed by atoms with van der Waals surface area (Å²) in [7, 11) is 1.18. The molecule has 0 saturated carbocycles. The maximum atomic E-state index is 13.4. The zero-order chi connectivity index (χ0) is 17.5. The fourth-order valence-corrected chi connectivity index (χ4v) is 2.56. The Balaban J connectivity index is 1.86. The van der Waals surface area contributed by atoms with Gasteiger partial charge in [0, 0.05) is 6.42 Å². The number of aliphatic hydroxyl groups is 1. The summed E-state index contributed by atoms with van der Waals surface area (Å²) < 4.78 is 29.9. The predicted octanol–water partition coefficient (Wildman–Crippen LogP) is 0.369. The van der Waals surface area contributed by atoms with Gasteiger partial charge in [0.2, 0.25) is 0 Å². The summed E-state index contributed by atoms with van der Waals surface area (Å²) in [4.78, 5) is 22.2. The molecule has 1 aliphatic rings. The van der Waals surface area contributed by atoms with Crippen molar-refractivity contribution in [2.24, 2.45) is 0 Å². The fourth-order valence-electron chi connectivity index (χ4n) is 2.56. The van der Waals surface area contributed by atoms with Crippen LogP contribution in [0, 0.1) is 6.08 Å². The van der Waals surface area contributed by atoms with Crippen molar-refractivity contribution in [2.45, 2.75) is 31.3 Å². The Morgan fingerprint density at radius 1 is 1.62 bits per heavy atom. The molecule has 3 heterocycles. The van der Waals surface area contributed by atoms with Crippen molar-refractivity contribution in [3.63, 3.8) is 0 Å². The van der Waals surface area contributed by atoms with Crippen LogP contribution in [-0.4, -0.2) is 56.2 Å². The Bertz CT molecular complexity index is 783. The lowest BCUT2D eigenvalue weighted by atomic mass is 10.0. The molecule has 3 rings (SSSR count). The summed E-state index contributed by atoms with van der Waals surface area (Å²) in [6.07, 6.45) is -1.96. The van der Waals surface area contributed by atoms with E-state index in [0.717, 1.165) is 0 Å². The van der Waals surface area contributed by atoms with Gasteiger partial charge in [0.1, 0.15) is 18.4 Å². The van der Waals surface area contributed by atoms with Crippen LogP contribution in [0.4, 0.5) is 15.0 Å². The van der Waals surface area contributed by atoms with Crippen molar-refractivity contribution >= 4 is 23.1 Å². The quantitative estimate of drug-likeness (QED) is 0.599. The van der Waals surface area contributed by atoms with Crippen LogP contribution >= 0.6 is 0 Å². The highest BCUT2D eigenvalue weighted by atomic mass is 19.1. The lowest BCUT2D eigenvalue weighted by molar-refractivity contribution is -0.121. The fraction of sp³-hybridized carbons (Fsp3) is 0.538. The van der Waals surface area contributed by atoms with Gasteiger partial charge < -0.3 is 25.1 Å². The van der Waals surface area contributed by atoms with Gasteiger partial charge in [0.25, 0.3) is 0 Å². The van der Waals surface area contributed by atoms with E-state index in [0.29, 0.717) is 0 Å². The molecule has 24 heavy (non-hydrogen) atoms. The number of hydrogen-bond donors (Lipinski definition) is 2. The molecule has 0 radical (unpaired) electrons. The van der Waals surface area contributed by atoms with E-state index in [-0.39, 0.29) is 30.0 Å². The van der Waals surface area contributed by atoms with E-state index in [4.69, 9.17) is 15.2 Å². The predicted molar refractivity (Wildman–Crippen MR) is 77.2 cm³/mol. The highest BCUT2D eigenvalue weighted by Gasteiger charge is 2.46. The summed E-state index contributed by atoms with van der Waals surface area (Å²) in [5, 5.41) is 10.3. The van der Waals surface area contributed by atoms with Crippen LogP contribution in [0.15, 0.2) is 6.33 Å². The van der Waals surface area contributed by atoms with Crippen LogP contribution in [0.2, 0.25) is 0 Å². The van der Waals surface area contributed by atoms with Crippen LogP contribution in [0.25, 0.3) is 11.2 Å². The SMILES string of the molecule is COC(=O)OC[C@@]1(C)O[C@@H](n2cnc3c(N)nc(F)nc32)C[C@@H]1O. The number of nitrogens with two attached hydrogens (primary N) is 1. The normalized spacial score (nSPS) is 26.7. The van der Waals surface area contributed by atoms with Gasteiger partial charge in [-0.05, 0) is 6.92 Å². The molecule has 0 aromatic carbocycles. The van der Waals surface area contributed by atoms with Crippen molar-refractivity contribution in [3.8, 4) is 0 Å². The molecule has 0 spiro atoms. The van der Waals surface area contributed by atoms with Crippen molar-refractivity contribution < 1.29 is 28.5 Å². The minimum absolute atomic E-state index is 0.0911. The van der Waals surface area contributed by atoms with E-state index >= 15 is 0 Å². The molecular weight excluding hydrogens is 325 g/mol. The number of aromatic nitrogens is 4. The molecule has 0 amide bonds. The van der Waals surface area contributed by atoms with Crippen LogP contribution < -0.4 is 5.73 Å². The Morgan fingerprint density at radius 2 is 2.38 bits per heavy atom. The van der Waals surface area contributed by atoms with E-state index in [1.165, 1.54) is 18.0 Å². The first kappa shape index (κ1) is 16.3. The Hall–Kier alpha value is -2.53. The number of methoxy groups -OCH3 is 1. The molecule has 1 fully saturated rings. The zero-order valence-electron chi connectivity index (χ0n) is 13.0. The molecule has 3 atom stereocenters. The second kappa shape index (κ2) is 5.83. The number of halogens is 1. The van der Waals surface area contributed by atoms with Gasteiger partial charge in [-0.25, -0.2) is 9.78 Å². The first-order valence-corrected chi connectivity index (χ1v) is 7.06. The minimum Gasteiger partial charge on any atom is -0.438 e. The van der Waals surface area contributed by atoms with E-state index in [1.54, 1.807) is 6.92 Å². The summed E-state index contributed by atoms with van der Waals surface area (Å²) >= 11 is 0. The van der Waals surface area contributed by atoms with Crippen LogP contribution in [-0.2, 0) is 14.2 Å². The maximum absolute atomic E-state index is 13.4. The first-order valence-electron chi connectivity index (χ1n) is 7.06. The number of aliphatic hydroxyl groups excluding tert-OH is 1. The molecule has 11 heteroatoms. The monoisotopic (exact) mass is 341 g/mol. The number of carbonyl (C=O) groups excluding carboxylic acids is 1. The van der Waals surface area contributed by atoms with Crippen LogP contribution in [0.3, 0.4) is 0 Å². The van der Waals surface area contributed by atoms with E-state index in [1.807, 2.05) is 0 Å². The van der Waals surface area contributed by atoms with E-state index < -0.39 is 30.2 Å². The third kappa shape index (κ3) is 2.71. The number of fused-ring (bicyclic) bond motifs is 1. The standard InChI is InChI=1S/C13H16FN5O5/c1-13(4-23-12(21)22-2)6(20)3-7(24-13)19-5-16-8-9(15)17-11(14)18-10(8)19/h5-7,20H,3-4H2,1-2H3,(H2,15,17,18)/t6-,7+,13+/m0/s1. The molecular formula is C13H16FN5O5. The third-order valence-corrected chi connectivity index (χ3v) is 3.91. The second-order valence-electron chi connectivity index (χ2n) is 5.58. The molecule has 0 unspecified atom stereocenters. The number of rotatable bonds is 3. The summed E-state index contributed by atoms with van der Waals surface area (Å²) in [6, 6.07) is 0. The zero-order valence-corrected chi connectivity index (χ0v) is 13.0. The van der Waals surface area contributed by atoms with Gasteiger partial charge in [0.05, 0.1) is 19.5 Å². The number of anilines is 1. The lowest BCUT2D eigenvalue weighted by Gasteiger charge is -2.26. The minimum atomic E-state index is -1.16. The van der Waals surface area contributed by atoms with Gasteiger partial charge in [-0.15, -0.1) is 0 Å². The highest BCUT2D eigenvalue weighted by molar-refractivity contribution is 5.81. The highest BCUT2D eigenvalue weighted by Crippen LogP contribution is 2.38. The Labute approximate surface area is 135 Å². The number of nitrogens with zero attached hydrogens (tertiary/aromatic N) is 4. The van der Waals surface area contributed by atoms with E-state index in [2.05, 4.69) is 19.7 Å². The molecule has 10 nitrogen and oxygen atoms in total. The molecule has 3 N–H and O–H groups in total. The van der Waals surface area contributed by atoms with Crippen molar-refractivity contribution in [2.75, 3.05) is 19.5 Å². The molecule has 0 bridgehead atoms. The Morgan fingerprint density at radius 3 is 3.08 bits per heavy atom. The van der Waals surface area contributed by atoms with Crippen LogP contribution in [0.1, 0.15) is 19.6 Å². The van der Waals surface area contributed by atoms with Gasteiger partial charge in [-0.3, -0.25) is 4.57 Å². The maximum Gasteiger partial charge on any atom is 0.508 e. The molecule has 1 aliphatic heterocycles. The van der Waals surface area contributed by atoms with Gasteiger partial charge in [0.15, 0.2) is 17.0 Å². The number of hydrogen-bond acceptors (Lipinski definition) is 9. The van der Waals surface area contributed by atoms with E-state index in [9.17, 15) is 14.3 Å². The summed E-state index contributed by atoms with van der Waals surface area (Å²) in [5.74, 6) is -0.0911. The number of ether oxygens (including phenoxy) is 3. The molecule has 2 aromatic heterocycles. The molecule has 130 valence electrons. The summed E-state index contributed by atoms with van der Waals surface area (Å²) in [5.41, 5.74) is 4.84.